The number of benzene rings is 4. The van der Waals surface area contributed by atoms with Crippen molar-refractivity contribution in [1.29, 1.82) is 0 Å². The topological polar surface area (TPSA) is 46.6 Å². The minimum Gasteiger partial charge on any atom is -0.489 e. The summed E-state index contributed by atoms with van der Waals surface area (Å²) in [6.07, 6.45) is 1.52. The number of nitrogens with zero attached hydrogens (tertiary/aromatic N) is 1. The molecule has 0 saturated carbocycles. The highest BCUT2D eigenvalue weighted by molar-refractivity contribution is 7.95. The van der Waals surface area contributed by atoms with Gasteiger partial charge in [-0.15, -0.1) is 0 Å². The van der Waals surface area contributed by atoms with Crippen molar-refractivity contribution in [2.75, 3.05) is 4.31 Å². The van der Waals surface area contributed by atoms with Gasteiger partial charge >= 0.3 is 0 Å². The zero-order chi connectivity index (χ0) is 25.5. The average molecular weight is 559 g/mol. The first-order valence-corrected chi connectivity index (χ1v) is 13.6. The van der Waals surface area contributed by atoms with Crippen molar-refractivity contribution in [3.8, 4) is 5.75 Å². The van der Waals surface area contributed by atoms with Crippen molar-refractivity contribution in [3.63, 3.8) is 0 Å². The molecule has 0 aliphatic carbocycles. The van der Waals surface area contributed by atoms with Gasteiger partial charge in [0, 0.05) is 21.1 Å². The van der Waals surface area contributed by atoms with E-state index in [1.54, 1.807) is 72.8 Å². The Hall–Kier alpha value is -2.96. The maximum atomic E-state index is 13.5. The summed E-state index contributed by atoms with van der Waals surface area (Å²) < 4.78 is 34.3. The Kier molecular flexibility index (Phi) is 8.60. The molecule has 0 amide bonds. The Bertz CT molecular complexity index is 1490. The number of ether oxygens (including phenoxy) is 1. The van der Waals surface area contributed by atoms with Gasteiger partial charge in [0.05, 0.1) is 17.6 Å². The lowest BCUT2D eigenvalue weighted by molar-refractivity contribution is 0.306. The molecule has 0 saturated heterocycles. The standard InChI is InChI=1S/C28H22Cl3NO3S/c29-24-8-1-5-21(15-24)13-14-36(33,34)32(19-22-6-2-9-25(30)16-22)27-11-4-12-28(18-27)35-20-23-7-3-10-26(31)17-23/h1-18H,19-20H2. The van der Waals surface area contributed by atoms with Crippen LogP contribution in [0.3, 0.4) is 0 Å². The quantitative estimate of drug-likeness (QED) is 0.208. The van der Waals surface area contributed by atoms with E-state index in [1.807, 2.05) is 24.3 Å². The number of halogens is 3. The van der Waals surface area contributed by atoms with E-state index in [2.05, 4.69) is 0 Å². The first-order valence-electron chi connectivity index (χ1n) is 11.0. The van der Waals surface area contributed by atoms with E-state index < -0.39 is 10.0 Å². The number of anilines is 1. The Morgan fingerprint density at radius 1 is 0.722 bits per heavy atom. The smallest absolute Gasteiger partial charge is 0.257 e. The molecule has 0 aromatic heterocycles. The lowest BCUT2D eigenvalue weighted by Gasteiger charge is -2.23. The second-order valence-corrected chi connectivity index (χ2v) is 11.0. The normalized spacial score (nSPS) is 11.5. The molecule has 0 bridgehead atoms. The molecule has 4 nitrogen and oxygen atoms in total. The van der Waals surface area contributed by atoms with E-state index in [-0.39, 0.29) is 6.54 Å². The zero-order valence-electron chi connectivity index (χ0n) is 19.0. The van der Waals surface area contributed by atoms with Crippen LogP contribution < -0.4 is 9.04 Å². The van der Waals surface area contributed by atoms with Crippen LogP contribution in [-0.2, 0) is 23.2 Å². The number of sulfonamides is 1. The highest BCUT2D eigenvalue weighted by Gasteiger charge is 2.21. The summed E-state index contributed by atoms with van der Waals surface area (Å²) >= 11 is 18.3. The molecular weight excluding hydrogens is 537 g/mol. The van der Waals surface area contributed by atoms with Crippen LogP contribution in [-0.4, -0.2) is 8.42 Å². The van der Waals surface area contributed by atoms with Crippen LogP contribution >= 0.6 is 34.8 Å². The van der Waals surface area contributed by atoms with E-state index in [4.69, 9.17) is 39.5 Å². The van der Waals surface area contributed by atoms with E-state index in [0.717, 1.165) is 11.1 Å². The molecule has 0 aliphatic heterocycles. The van der Waals surface area contributed by atoms with Gasteiger partial charge in [0.25, 0.3) is 10.0 Å². The van der Waals surface area contributed by atoms with Crippen LogP contribution in [0.15, 0.2) is 102 Å². The lowest BCUT2D eigenvalue weighted by atomic mass is 10.2. The highest BCUT2D eigenvalue weighted by atomic mass is 35.5. The monoisotopic (exact) mass is 557 g/mol. The Morgan fingerprint density at radius 3 is 2.03 bits per heavy atom. The molecule has 4 aromatic rings. The van der Waals surface area contributed by atoms with Crippen molar-refractivity contribution in [2.24, 2.45) is 0 Å². The molecule has 0 N–H and O–H groups in total. The average Bonchev–Trinajstić information content (AvgIpc) is 2.85. The summed E-state index contributed by atoms with van der Waals surface area (Å²) in [7, 11) is -3.89. The van der Waals surface area contributed by atoms with Crippen LogP contribution in [0.4, 0.5) is 5.69 Å². The summed E-state index contributed by atoms with van der Waals surface area (Å²) in [6.45, 7) is 0.375. The van der Waals surface area contributed by atoms with E-state index in [0.29, 0.717) is 38.7 Å². The SMILES string of the molecule is O=S(=O)(C=Cc1cccc(Cl)c1)N(Cc1cccc(Cl)c1)c1cccc(OCc2cccc(Cl)c2)c1. The van der Waals surface area contributed by atoms with Gasteiger partial charge in [-0.25, -0.2) is 8.42 Å². The third kappa shape index (κ3) is 7.28. The third-order valence-corrected chi connectivity index (χ3v) is 7.34. The highest BCUT2D eigenvalue weighted by Crippen LogP contribution is 2.28. The maximum absolute atomic E-state index is 13.5. The van der Waals surface area contributed by atoms with Crippen LogP contribution in [0.1, 0.15) is 16.7 Å². The molecule has 4 aromatic carbocycles. The second kappa shape index (κ2) is 11.8. The fraction of sp³-hybridized carbons (Fsp3) is 0.0714. The Balaban J connectivity index is 1.64. The van der Waals surface area contributed by atoms with Gasteiger partial charge in [-0.2, -0.15) is 0 Å². The largest absolute Gasteiger partial charge is 0.489 e. The molecule has 0 heterocycles. The van der Waals surface area contributed by atoms with Gasteiger partial charge in [-0.05, 0) is 71.3 Å². The van der Waals surface area contributed by atoms with Crippen LogP contribution in [0, 0.1) is 0 Å². The molecule has 36 heavy (non-hydrogen) atoms. The second-order valence-electron chi connectivity index (χ2n) is 7.96. The predicted octanol–water partition coefficient (Wildman–Crippen LogP) is 8.23. The van der Waals surface area contributed by atoms with Gasteiger partial charge in [0.1, 0.15) is 12.4 Å². The Morgan fingerprint density at radius 2 is 1.33 bits per heavy atom. The van der Waals surface area contributed by atoms with E-state index in [1.165, 1.54) is 15.8 Å². The number of hydrogen-bond acceptors (Lipinski definition) is 3. The molecule has 184 valence electrons. The van der Waals surface area contributed by atoms with E-state index >= 15 is 0 Å². The summed E-state index contributed by atoms with van der Waals surface area (Å²) in [5.41, 5.74) is 2.77. The third-order valence-electron chi connectivity index (χ3n) is 5.20. The maximum Gasteiger partial charge on any atom is 0.257 e. The van der Waals surface area contributed by atoms with E-state index in [9.17, 15) is 8.42 Å². The summed E-state index contributed by atoms with van der Waals surface area (Å²) in [5, 5.41) is 2.84. The zero-order valence-corrected chi connectivity index (χ0v) is 22.1. The summed E-state index contributed by atoms with van der Waals surface area (Å²) in [5.74, 6) is 0.526. The Labute approximate surface area is 226 Å². The first kappa shape index (κ1) is 26.1. The fourth-order valence-corrected chi connectivity index (χ4v) is 5.34. The molecule has 0 atom stereocenters. The molecular formula is C28H22Cl3NO3S. The molecule has 0 aliphatic rings. The molecule has 0 radical (unpaired) electrons. The molecule has 0 spiro atoms. The molecule has 0 unspecified atom stereocenters. The fourth-order valence-electron chi connectivity index (χ4n) is 3.50. The lowest BCUT2D eigenvalue weighted by Crippen LogP contribution is -2.28. The van der Waals surface area contributed by atoms with Crippen molar-refractivity contribution in [2.45, 2.75) is 13.2 Å². The predicted molar refractivity (Wildman–Crippen MR) is 149 cm³/mol. The first-order chi connectivity index (χ1) is 17.3. The number of hydrogen-bond donors (Lipinski definition) is 0. The van der Waals surface area contributed by atoms with Crippen LogP contribution in [0.25, 0.3) is 6.08 Å². The van der Waals surface area contributed by atoms with Gasteiger partial charge in [-0.3, -0.25) is 4.31 Å². The molecule has 4 rings (SSSR count). The van der Waals surface area contributed by atoms with Gasteiger partial charge in [-0.1, -0.05) is 77.3 Å². The van der Waals surface area contributed by atoms with Crippen LogP contribution in [0.5, 0.6) is 5.75 Å². The minimum atomic E-state index is -3.89. The van der Waals surface area contributed by atoms with Crippen molar-refractivity contribution in [1.82, 2.24) is 0 Å². The van der Waals surface area contributed by atoms with Crippen molar-refractivity contribution >= 4 is 56.6 Å². The summed E-state index contributed by atoms with van der Waals surface area (Å²) in [6, 6.07) is 28.4. The van der Waals surface area contributed by atoms with Crippen molar-refractivity contribution < 1.29 is 13.2 Å². The molecule has 0 fully saturated rings. The van der Waals surface area contributed by atoms with Gasteiger partial charge in [0.15, 0.2) is 0 Å². The van der Waals surface area contributed by atoms with Gasteiger partial charge in [0.2, 0.25) is 0 Å². The van der Waals surface area contributed by atoms with Crippen molar-refractivity contribution in [3.05, 3.63) is 134 Å². The number of rotatable bonds is 9. The summed E-state index contributed by atoms with van der Waals surface area (Å²) in [4.78, 5) is 0. The minimum absolute atomic E-state index is 0.0839. The molecule has 8 heteroatoms. The van der Waals surface area contributed by atoms with Crippen LogP contribution in [0.2, 0.25) is 15.1 Å². The van der Waals surface area contributed by atoms with Gasteiger partial charge < -0.3 is 4.74 Å².